The van der Waals surface area contributed by atoms with E-state index in [1.165, 1.54) is 35.2 Å². The van der Waals surface area contributed by atoms with Gasteiger partial charge in [0.1, 0.15) is 11.6 Å². The van der Waals surface area contributed by atoms with Crippen molar-refractivity contribution in [3.05, 3.63) is 83.9 Å². The molecule has 1 aliphatic heterocycles. The lowest BCUT2D eigenvalue weighted by Gasteiger charge is -2.23. The van der Waals surface area contributed by atoms with Crippen molar-refractivity contribution in [1.29, 1.82) is 0 Å². The lowest BCUT2D eigenvalue weighted by molar-refractivity contribution is 0.0447. The lowest BCUT2D eigenvalue weighted by Crippen LogP contribution is -2.38. The van der Waals surface area contributed by atoms with Crippen LogP contribution in [0.5, 0.6) is 0 Å². The van der Waals surface area contributed by atoms with Crippen LogP contribution in [0.3, 0.4) is 0 Å². The van der Waals surface area contributed by atoms with Crippen LogP contribution < -0.4 is 0 Å². The first-order valence-electron chi connectivity index (χ1n) is 8.22. The van der Waals surface area contributed by atoms with Gasteiger partial charge in [-0.1, -0.05) is 35.5 Å². The van der Waals surface area contributed by atoms with Gasteiger partial charge < -0.3 is 9.74 Å². The third kappa shape index (κ3) is 3.96. The molecule has 0 spiro atoms. The zero-order chi connectivity index (χ0) is 18.5. The van der Waals surface area contributed by atoms with Crippen molar-refractivity contribution >= 4 is 11.6 Å². The lowest BCUT2D eigenvalue weighted by atomic mass is 10.0. The van der Waals surface area contributed by atoms with E-state index in [2.05, 4.69) is 11.7 Å². The van der Waals surface area contributed by atoms with Gasteiger partial charge in [0.2, 0.25) is 0 Å². The van der Waals surface area contributed by atoms with Gasteiger partial charge in [-0.2, -0.15) is 0 Å². The number of hydrogen-bond donors (Lipinski definition) is 0. The quantitative estimate of drug-likeness (QED) is 0.739. The first-order chi connectivity index (χ1) is 12.6. The molecule has 6 heteroatoms. The topological polar surface area (TPSA) is 41.9 Å². The largest absolute Gasteiger partial charge is 0.390 e. The Morgan fingerprint density at radius 2 is 2.08 bits per heavy atom. The predicted molar refractivity (Wildman–Crippen MR) is 94.9 cm³/mol. The van der Waals surface area contributed by atoms with E-state index < -0.39 is 11.7 Å². The van der Waals surface area contributed by atoms with Crippen molar-refractivity contribution in [2.75, 3.05) is 13.1 Å². The Balaban J connectivity index is 1.69. The van der Waals surface area contributed by atoms with Gasteiger partial charge in [0, 0.05) is 18.5 Å². The van der Waals surface area contributed by atoms with Gasteiger partial charge in [-0.3, -0.25) is 4.79 Å². The van der Waals surface area contributed by atoms with E-state index in [0.29, 0.717) is 17.7 Å². The minimum Gasteiger partial charge on any atom is -0.390 e. The van der Waals surface area contributed by atoms with E-state index in [0.717, 1.165) is 0 Å². The maximum absolute atomic E-state index is 13.9. The number of halogens is 2. The molecule has 1 aliphatic rings. The van der Waals surface area contributed by atoms with Crippen LogP contribution in [-0.2, 0) is 4.84 Å². The van der Waals surface area contributed by atoms with E-state index >= 15 is 0 Å². The Labute approximate surface area is 150 Å². The monoisotopic (exact) mass is 356 g/mol. The molecule has 1 amide bonds. The summed E-state index contributed by atoms with van der Waals surface area (Å²) in [5.74, 6) is -1.36. The summed E-state index contributed by atoms with van der Waals surface area (Å²) in [4.78, 5) is 19.5. The second-order valence-corrected chi connectivity index (χ2v) is 5.96. The van der Waals surface area contributed by atoms with Crippen molar-refractivity contribution in [2.24, 2.45) is 5.16 Å². The normalized spacial score (nSPS) is 15.9. The Bertz CT molecular complexity index is 851. The summed E-state index contributed by atoms with van der Waals surface area (Å²) in [5, 5.41) is 4.00. The van der Waals surface area contributed by atoms with E-state index in [9.17, 15) is 13.6 Å². The molecule has 3 rings (SSSR count). The summed E-state index contributed by atoms with van der Waals surface area (Å²) in [6.07, 6.45) is 1.62. The fourth-order valence-corrected chi connectivity index (χ4v) is 2.81. The van der Waals surface area contributed by atoms with E-state index in [1.54, 1.807) is 24.3 Å². The van der Waals surface area contributed by atoms with Gasteiger partial charge in [0.05, 0.1) is 17.8 Å². The molecule has 0 saturated heterocycles. The van der Waals surface area contributed by atoms with Gasteiger partial charge in [0.15, 0.2) is 6.10 Å². The molecular weight excluding hydrogens is 338 g/mol. The molecule has 2 aromatic rings. The third-order valence-electron chi connectivity index (χ3n) is 4.06. The maximum atomic E-state index is 13.9. The van der Waals surface area contributed by atoms with Crippen LogP contribution >= 0.6 is 0 Å². The molecule has 26 heavy (non-hydrogen) atoms. The molecule has 2 aromatic carbocycles. The number of carbonyl (C=O) groups excluding carboxylic acids is 1. The van der Waals surface area contributed by atoms with Gasteiger partial charge in [-0.15, -0.1) is 6.58 Å². The van der Waals surface area contributed by atoms with Crippen molar-refractivity contribution in [3.63, 3.8) is 0 Å². The zero-order valence-electron chi connectivity index (χ0n) is 14.1. The second kappa shape index (κ2) is 7.91. The molecule has 0 N–H and O–H groups in total. The highest BCUT2D eigenvalue weighted by Crippen LogP contribution is 2.19. The van der Waals surface area contributed by atoms with Crippen molar-refractivity contribution < 1.29 is 18.4 Å². The Morgan fingerprint density at radius 3 is 2.81 bits per heavy atom. The highest BCUT2D eigenvalue weighted by molar-refractivity contribution is 6.01. The fraction of sp³-hybridized carbons (Fsp3) is 0.200. The molecule has 0 bridgehead atoms. The van der Waals surface area contributed by atoms with Gasteiger partial charge in [0.25, 0.3) is 5.91 Å². The Kier molecular flexibility index (Phi) is 5.41. The molecule has 1 atom stereocenters. The number of benzene rings is 2. The van der Waals surface area contributed by atoms with Crippen LogP contribution in [0.15, 0.2) is 66.3 Å². The smallest absolute Gasteiger partial charge is 0.257 e. The van der Waals surface area contributed by atoms with E-state index in [-0.39, 0.29) is 30.6 Å². The molecule has 0 aromatic heterocycles. The number of rotatable bonds is 6. The van der Waals surface area contributed by atoms with E-state index in [1.807, 2.05) is 0 Å². The number of hydrogen-bond acceptors (Lipinski definition) is 3. The summed E-state index contributed by atoms with van der Waals surface area (Å²) in [5.41, 5.74) is 1.26. The number of amides is 1. The van der Waals surface area contributed by atoms with Crippen molar-refractivity contribution in [1.82, 2.24) is 4.90 Å². The molecule has 0 fully saturated rings. The van der Waals surface area contributed by atoms with Crippen LogP contribution in [0.2, 0.25) is 0 Å². The van der Waals surface area contributed by atoms with Gasteiger partial charge in [-0.25, -0.2) is 8.78 Å². The molecular formula is C20H18F2N2O2. The number of oxime groups is 1. The van der Waals surface area contributed by atoms with Gasteiger partial charge >= 0.3 is 0 Å². The average molecular weight is 356 g/mol. The van der Waals surface area contributed by atoms with Crippen LogP contribution in [0.1, 0.15) is 22.3 Å². The molecule has 1 heterocycles. The number of carbonyl (C=O) groups is 1. The maximum Gasteiger partial charge on any atom is 0.257 e. The summed E-state index contributed by atoms with van der Waals surface area (Å²) in [6.45, 7) is 4.12. The minimum absolute atomic E-state index is 0.00128. The van der Waals surface area contributed by atoms with Crippen LogP contribution in [-0.4, -0.2) is 35.7 Å². The van der Waals surface area contributed by atoms with Crippen molar-refractivity contribution in [3.8, 4) is 0 Å². The van der Waals surface area contributed by atoms with Crippen molar-refractivity contribution in [2.45, 2.75) is 12.5 Å². The Morgan fingerprint density at radius 1 is 1.27 bits per heavy atom. The molecule has 4 nitrogen and oxygen atoms in total. The minimum atomic E-state index is -0.574. The standard InChI is InChI=1S/C20H18F2N2O2/c1-2-10-24(20(25)17-8-3-4-9-18(17)22)13-16-12-19(23-26-16)14-6-5-7-15(21)11-14/h2-9,11,16H,1,10,12-13H2/t16-/m0/s1. The first kappa shape index (κ1) is 17.8. The predicted octanol–water partition coefficient (Wildman–Crippen LogP) is 3.79. The molecule has 0 saturated carbocycles. The summed E-state index contributed by atoms with van der Waals surface area (Å²) < 4.78 is 27.3. The average Bonchev–Trinajstić information content (AvgIpc) is 3.10. The van der Waals surface area contributed by atoms with Crippen LogP contribution in [0.25, 0.3) is 0 Å². The summed E-state index contributed by atoms with van der Waals surface area (Å²) in [6, 6.07) is 11.9. The molecule has 134 valence electrons. The zero-order valence-corrected chi connectivity index (χ0v) is 14.1. The highest BCUT2D eigenvalue weighted by Gasteiger charge is 2.27. The second-order valence-electron chi connectivity index (χ2n) is 5.96. The SMILES string of the molecule is C=CCN(C[C@@H]1CC(c2cccc(F)c2)=NO1)C(=O)c1ccccc1F. The van der Waals surface area contributed by atoms with Crippen LogP contribution in [0.4, 0.5) is 8.78 Å². The molecule has 0 unspecified atom stereocenters. The number of nitrogens with zero attached hydrogens (tertiary/aromatic N) is 2. The van der Waals surface area contributed by atoms with E-state index in [4.69, 9.17) is 4.84 Å². The van der Waals surface area contributed by atoms with Crippen LogP contribution in [0, 0.1) is 11.6 Å². The summed E-state index contributed by atoms with van der Waals surface area (Å²) in [7, 11) is 0. The molecule has 0 radical (unpaired) electrons. The Hall–Kier alpha value is -3.02. The first-order valence-corrected chi connectivity index (χ1v) is 8.22. The van der Waals surface area contributed by atoms with Gasteiger partial charge in [-0.05, 0) is 24.3 Å². The highest BCUT2D eigenvalue weighted by atomic mass is 19.1. The third-order valence-corrected chi connectivity index (χ3v) is 4.06. The molecule has 0 aliphatic carbocycles. The summed E-state index contributed by atoms with van der Waals surface area (Å²) >= 11 is 0. The fourth-order valence-electron chi connectivity index (χ4n) is 2.81.